The fourth-order valence-electron chi connectivity index (χ4n) is 3.83. The maximum atomic E-state index is 14.3. The lowest BCUT2D eigenvalue weighted by atomic mass is 10.1. The summed E-state index contributed by atoms with van der Waals surface area (Å²) in [6.07, 6.45) is -1.62. The summed E-state index contributed by atoms with van der Waals surface area (Å²) in [6, 6.07) is 10.5. The molecule has 1 fully saturated rings. The van der Waals surface area contributed by atoms with Gasteiger partial charge in [-0.1, -0.05) is 12.1 Å². The van der Waals surface area contributed by atoms with E-state index < -0.39 is 17.7 Å². The fraction of sp³-hybridized carbons (Fsp3) is 0.300. The third kappa shape index (κ3) is 3.60. The molecule has 4 aromatic rings. The molecule has 1 aromatic carbocycles. The largest absolute Gasteiger partial charge is 0.435 e. The van der Waals surface area contributed by atoms with Crippen LogP contribution in [-0.2, 0) is 6.18 Å². The van der Waals surface area contributed by atoms with Crippen LogP contribution in [0.1, 0.15) is 24.6 Å². The van der Waals surface area contributed by atoms with Gasteiger partial charge in [0.1, 0.15) is 11.6 Å². The van der Waals surface area contributed by atoms with Gasteiger partial charge in [0.25, 0.3) is 0 Å². The Bertz CT molecular complexity index is 1230. The normalized spacial score (nSPS) is 17.4. The Morgan fingerprint density at radius 1 is 0.968 bits per heavy atom. The highest BCUT2D eigenvalue weighted by Crippen LogP contribution is 2.30. The number of aromatic nitrogens is 6. The maximum absolute atomic E-state index is 14.3. The Morgan fingerprint density at radius 2 is 1.81 bits per heavy atom. The Morgan fingerprint density at radius 3 is 2.58 bits per heavy atom. The first-order chi connectivity index (χ1) is 14.9. The molecular formula is C20H17F4N7. The summed E-state index contributed by atoms with van der Waals surface area (Å²) in [5.41, 5.74) is -0.145. The second-order valence-electron chi connectivity index (χ2n) is 7.39. The van der Waals surface area contributed by atoms with Gasteiger partial charge in [-0.3, -0.25) is 4.68 Å². The predicted octanol–water partition coefficient (Wildman–Crippen LogP) is 3.99. The summed E-state index contributed by atoms with van der Waals surface area (Å²) in [6.45, 7) is 1.15. The molecule has 1 aliphatic rings. The SMILES string of the molecule is Fc1ccccc1-c1nnc2ccc(N3CCCC(n4ccc(C(F)(F)F)n4)C3)nn12. The molecule has 0 N–H and O–H groups in total. The van der Waals surface area contributed by atoms with E-state index in [4.69, 9.17) is 0 Å². The van der Waals surface area contributed by atoms with E-state index >= 15 is 0 Å². The Labute approximate surface area is 173 Å². The summed E-state index contributed by atoms with van der Waals surface area (Å²) >= 11 is 0. The van der Waals surface area contributed by atoms with Gasteiger partial charge < -0.3 is 4.90 Å². The summed E-state index contributed by atoms with van der Waals surface area (Å²) in [4.78, 5) is 1.98. The zero-order valence-electron chi connectivity index (χ0n) is 16.2. The third-order valence-corrected chi connectivity index (χ3v) is 5.36. The third-order valence-electron chi connectivity index (χ3n) is 5.36. The molecule has 160 valence electrons. The van der Waals surface area contributed by atoms with Crippen molar-refractivity contribution >= 4 is 11.5 Å². The van der Waals surface area contributed by atoms with Crippen LogP contribution in [0.15, 0.2) is 48.7 Å². The zero-order chi connectivity index (χ0) is 21.6. The van der Waals surface area contributed by atoms with Crippen LogP contribution in [0, 0.1) is 5.82 Å². The van der Waals surface area contributed by atoms with Gasteiger partial charge in [-0.2, -0.15) is 22.8 Å². The highest BCUT2D eigenvalue weighted by Gasteiger charge is 2.34. The summed E-state index contributed by atoms with van der Waals surface area (Å²) < 4.78 is 55.8. The standard InChI is InChI=1S/C20H17F4N7/c21-15-6-2-1-5-14(15)19-26-25-17-7-8-18(28-31(17)19)29-10-3-4-13(12-29)30-11-9-16(27-30)20(22,23)24/h1-2,5-9,11,13H,3-4,10,12H2. The van der Waals surface area contributed by atoms with E-state index in [0.29, 0.717) is 31.0 Å². The first-order valence-corrected chi connectivity index (χ1v) is 9.75. The van der Waals surface area contributed by atoms with Crippen molar-refractivity contribution in [3.8, 4) is 11.4 Å². The average molecular weight is 431 g/mol. The van der Waals surface area contributed by atoms with Crippen LogP contribution in [0.2, 0.25) is 0 Å². The van der Waals surface area contributed by atoms with E-state index in [1.807, 2.05) is 4.90 Å². The molecule has 31 heavy (non-hydrogen) atoms. The molecule has 1 aliphatic heterocycles. The minimum atomic E-state index is -4.47. The molecular weight excluding hydrogens is 414 g/mol. The lowest BCUT2D eigenvalue weighted by molar-refractivity contribution is -0.141. The lowest BCUT2D eigenvalue weighted by Crippen LogP contribution is -2.37. The van der Waals surface area contributed by atoms with Gasteiger partial charge in [0.15, 0.2) is 17.2 Å². The second-order valence-corrected chi connectivity index (χ2v) is 7.39. The number of benzene rings is 1. The van der Waals surface area contributed by atoms with Crippen molar-refractivity contribution in [3.63, 3.8) is 0 Å². The number of halogens is 4. The molecule has 0 saturated carbocycles. The van der Waals surface area contributed by atoms with Gasteiger partial charge >= 0.3 is 6.18 Å². The van der Waals surface area contributed by atoms with Gasteiger partial charge in [0.2, 0.25) is 0 Å². The molecule has 4 heterocycles. The number of alkyl halides is 3. The second kappa shape index (κ2) is 7.33. The molecule has 5 rings (SSSR count). The fourth-order valence-corrected chi connectivity index (χ4v) is 3.83. The molecule has 0 bridgehead atoms. The van der Waals surface area contributed by atoms with Crippen LogP contribution >= 0.6 is 0 Å². The molecule has 3 aromatic heterocycles. The van der Waals surface area contributed by atoms with E-state index in [0.717, 1.165) is 12.5 Å². The number of hydrogen-bond donors (Lipinski definition) is 0. The monoisotopic (exact) mass is 431 g/mol. The van der Waals surface area contributed by atoms with Crippen LogP contribution in [0.5, 0.6) is 0 Å². The Kier molecular flexibility index (Phi) is 4.60. The van der Waals surface area contributed by atoms with Crippen LogP contribution in [0.25, 0.3) is 17.0 Å². The van der Waals surface area contributed by atoms with Crippen molar-refractivity contribution in [2.24, 2.45) is 0 Å². The summed E-state index contributed by atoms with van der Waals surface area (Å²) in [5, 5.41) is 16.4. The molecule has 1 atom stereocenters. The Hall–Kier alpha value is -3.50. The van der Waals surface area contributed by atoms with Crippen LogP contribution < -0.4 is 4.90 Å². The molecule has 0 spiro atoms. The quantitative estimate of drug-likeness (QED) is 0.459. The van der Waals surface area contributed by atoms with Crippen LogP contribution in [-0.4, -0.2) is 42.7 Å². The van der Waals surface area contributed by atoms with Crippen molar-refractivity contribution < 1.29 is 17.6 Å². The number of fused-ring (bicyclic) bond motifs is 1. The van der Waals surface area contributed by atoms with Crippen molar-refractivity contribution in [1.82, 2.24) is 29.6 Å². The van der Waals surface area contributed by atoms with Crippen molar-refractivity contribution in [3.05, 3.63) is 60.2 Å². The number of piperidine rings is 1. The van der Waals surface area contributed by atoms with Crippen molar-refractivity contribution in [2.75, 3.05) is 18.0 Å². The topological polar surface area (TPSA) is 64.1 Å². The number of rotatable bonds is 3. The number of hydrogen-bond acceptors (Lipinski definition) is 5. The van der Waals surface area contributed by atoms with Gasteiger partial charge in [-0.25, -0.2) is 4.39 Å². The predicted molar refractivity (Wildman–Crippen MR) is 104 cm³/mol. The molecule has 11 heteroatoms. The first-order valence-electron chi connectivity index (χ1n) is 9.75. The van der Waals surface area contributed by atoms with E-state index in [1.165, 1.54) is 21.5 Å². The van der Waals surface area contributed by atoms with Gasteiger partial charge in [-0.15, -0.1) is 15.3 Å². The summed E-state index contributed by atoms with van der Waals surface area (Å²) in [5.74, 6) is 0.462. The molecule has 1 unspecified atom stereocenters. The Balaban J connectivity index is 1.44. The van der Waals surface area contributed by atoms with Crippen molar-refractivity contribution in [1.29, 1.82) is 0 Å². The van der Waals surface area contributed by atoms with Gasteiger partial charge in [-0.05, 0) is 43.2 Å². The molecule has 0 amide bonds. The maximum Gasteiger partial charge on any atom is 0.435 e. The molecule has 1 saturated heterocycles. The lowest BCUT2D eigenvalue weighted by Gasteiger charge is -2.33. The highest BCUT2D eigenvalue weighted by atomic mass is 19.4. The van der Waals surface area contributed by atoms with E-state index in [-0.39, 0.29) is 17.4 Å². The minimum Gasteiger partial charge on any atom is -0.353 e. The number of anilines is 1. The van der Waals surface area contributed by atoms with Crippen LogP contribution in [0.3, 0.4) is 0 Å². The first kappa shape index (κ1) is 19.5. The van der Waals surface area contributed by atoms with E-state index in [2.05, 4.69) is 20.4 Å². The van der Waals surface area contributed by atoms with Crippen molar-refractivity contribution in [2.45, 2.75) is 25.1 Å². The van der Waals surface area contributed by atoms with E-state index in [1.54, 1.807) is 30.3 Å². The molecule has 7 nitrogen and oxygen atoms in total. The van der Waals surface area contributed by atoms with Crippen LogP contribution in [0.4, 0.5) is 23.4 Å². The minimum absolute atomic E-state index is 0.214. The average Bonchev–Trinajstić information content (AvgIpc) is 3.41. The summed E-state index contributed by atoms with van der Waals surface area (Å²) in [7, 11) is 0. The smallest absolute Gasteiger partial charge is 0.353 e. The van der Waals surface area contributed by atoms with Gasteiger partial charge in [0.05, 0.1) is 11.6 Å². The zero-order valence-corrected chi connectivity index (χ0v) is 16.2. The molecule has 0 aliphatic carbocycles. The number of nitrogens with zero attached hydrogens (tertiary/aromatic N) is 7. The van der Waals surface area contributed by atoms with E-state index in [9.17, 15) is 17.6 Å². The molecule has 0 radical (unpaired) electrons. The van der Waals surface area contributed by atoms with Gasteiger partial charge in [0, 0.05) is 19.3 Å². The highest BCUT2D eigenvalue weighted by molar-refractivity contribution is 5.60.